The number of carbonyl (C=O) groups is 1. The van der Waals surface area contributed by atoms with Crippen LogP contribution in [0.1, 0.15) is 6.42 Å². The highest BCUT2D eigenvalue weighted by atomic mass is 19.1. The van der Waals surface area contributed by atoms with Gasteiger partial charge in [-0.3, -0.25) is 4.79 Å². The van der Waals surface area contributed by atoms with E-state index in [9.17, 15) is 13.6 Å². The molecule has 4 nitrogen and oxygen atoms in total. The number of amides is 1. The van der Waals surface area contributed by atoms with E-state index in [4.69, 9.17) is 10.5 Å². The SMILES string of the molecule is CNC(=O)CCOc1cc(F)c(N)cc1F. The van der Waals surface area contributed by atoms with Crippen molar-refractivity contribution in [3.05, 3.63) is 23.8 Å². The molecule has 6 heteroatoms. The highest BCUT2D eigenvalue weighted by Crippen LogP contribution is 2.22. The van der Waals surface area contributed by atoms with Crippen molar-refractivity contribution in [1.82, 2.24) is 5.32 Å². The molecular formula is C10H12F2N2O2. The van der Waals surface area contributed by atoms with Crippen LogP contribution in [0.3, 0.4) is 0 Å². The standard InChI is InChI=1S/C10H12F2N2O2/c1-14-10(15)2-3-16-9-5-6(11)8(13)4-7(9)12/h4-5H,2-3,13H2,1H3,(H,14,15). The van der Waals surface area contributed by atoms with Gasteiger partial charge in [0.2, 0.25) is 5.91 Å². The summed E-state index contributed by atoms with van der Waals surface area (Å²) >= 11 is 0. The van der Waals surface area contributed by atoms with Gasteiger partial charge in [-0.1, -0.05) is 0 Å². The minimum absolute atomic E-state index is 0.0278. The molecular weight excluding hydrogens is 218 g/mol. The van der Waals surface area contributed by atoms with Crippen molar-refractivity contribution in [2.45, 2.75) is 6.42 Å². The molecule has 0 saturated carbocycles. The zero-order valence-corrected chi connectivity index (χ0v) is 8.72. The molecule has 0 unspecified atom stereocenters. The molecule has 0 bridgehead atoms. The minimum Gasteiger partial charge on any atom is -0.490 e. The summed E-state index contributed by atoms with van der Waals surface area (Å²) in [6.45, 7) is -0.0278. The highest BCUT2D eigenvalue weighted by molar-refractivity contribution is 5.75. The fraction of sp³-hybridized carbons (Fsp3) is 0.300. The number of rotatable bonds is 4. The quantitative estimate of drug-likeness (QED) is 0.760. The zero-order valence-electron chi connectivity index (χ0n) is 8.72. The van der Waals surface area contributed by atoms with E-state index in [0.29, 0.717) is 0 Å². The van der Waals surface area contributed by atoms with Crippen LogP contribution in [0.25, 0.3) is 0 Å². The number of anilines is 1. The summed E-state index contributed by atoms with van der Waals surface area (Å²) in [5, 5.41) is 2.38. The molecule has 1 aromatic rings. The normalized spacial score (nSPS) is 9.94. The monoisotopic (exact) mass is 230 g/mol. The maximum atomic E-state index is 13.2. The first-order valence-corrected chi connectivity index (χ1v) is 4.62. The fourth-order valence-electron chi connectivity index (χ4n) is 1.03. The number of benzene rings is 1. The molecule has 1 aromatic carbocycles. The Bertz CT molecular complexity index is 397. The lowest BCUT2D eigenvalue weighted by Gasteiger charge is -2.07. The molecule has 0 aliphatic heterocycles. The number of hydrogen-bond donors (Lipinski definition) is 2. The van der Waals surface area contributed by atoms with Crippen LogP contribution >= 0.6 is 0 Å². The molecule has 1 rings (SSSR count). The van der Waals surface area contributed by atoms with E-state index in [2.05, 4.69) is 5.32 Å². The van der Waals surface area contributed by atoms with Crippen LogP contribution in [0.2, 0.25) is 0 Å². The van der Waals surface area contributed by atoms with E-state index in [-0.39, 0.29) is 30.4 Å². The van der Waals surface area contributed by atoms with Crippen molar-refractivity contribution in [3.8, 4) is 5.75 Å². The van der Waals surface area contributed by atoms with Crippen LogP contribution in [0, 0.1) is 11.6 Å². The third kappa shape index (κ3) is 3.08. The Labute approximate surface area is 91.4 Å². The molecule has 0 aliphatic rings. The second kappa shape index (κ2) is 5.29. The van der Waals surface area contributed by atoms with Gasteiger partial charge in [0.1, 0.15) is 5.82 Å². The van der Waals surface area contributed by atoms with E-state index in [0.717, 1.165) is 12.1 Å². The number of nitrogens with two attached hydrogens (primary N) is 1. The van der Waals surface area contributed by atoms with Gasteiger partial charge in [-0.15, -0.1) is 0 Å². The zero-order chi connectivity index (χ0) is 12.1. The van der Waals surface area contributed by atoms with Gasteiger partial charge < -0.3 is 15.8 Å². The lowest BCUT2D eigenvalue weighted by molar-refractivity contribution is -0.121. The molecule has 16 heavy (non-hydrogen) atoms. The molecule has 0 heterocycles. The van der Waals surface area contributed by atoms with Crippen molar-refractivity contribution in [2.75, 3.05) is 19.4 Å². The van der Waals surface area contributed by atoms with Crippen LogP contribution in [0.15, 0.2) is 12.1 Å². The Morgan fingerprint density at radius 2 is 2.12 bits per heavy atom. The number of hydrogen-bond acceptors (Lipinski definition) is 3. The van der Waals surface area contributed by atoms with E-state index in [1.165, 1.54) is 7.05 Å². The molecule has 0 radical (unpaired) electrons. The largest absolute Gasteiger partial charge is 0.490 e. The number of halogens is 2. The van der Waals surface area contributed by atoms with E-state index >= 15 is 0 Å². The Morgan fingerprint density at radius 1 is 1.44 bits per heavy atom. The van der Waals surface area contributed by atoms with E-state index in [1.54, 1.807) is 0 Å². The van der Waals surface area contributed by atoms with Crippen molar-refractivity contribution < 1.29 is 18.3 Å². The second-order valence-corrected chi connectivity index (χ2v) is 3.08. The number of nitrogens with one attached hydrogen (secondary N) is 1. The summed E-state index contributed by atoms with van der Waals surface area (Å²) in [7, 11) is 1.48. The summed E-state index contributed by atoms with van der Waals surface area (Å²) in [5.74, 6) is -2.00. The van der Waals surface area contributed by atoms with Gasteiger partial charge in [0.25, 0.3) is 0 Å². The maximum Gasteiger partial charge on any atom is 0.223 e. The molecule has 0 atom stereocenters. The summed E-state index contributed by atoms with van der Waals surface area (Å²) in [6.07, 6.45) is 0.0714. The minimum atomic E-state index is -0.754. The molecule has 0 aliphatic carbocycles. The van der Waals surface area contributed by atoms with Crippen molar-refractivity contribution in [3.63, 3.8) is 0 Å². The van der Waals surface area contributed by atoms with Gasteiger partial charge in [0, 0.05) is 19.2 Å². The molecule has 0 fully saturated rings. The van der Waals surface area contributed by atoms with Gasteiger partial charge in [-0.2, -0.15) is 0 Å². The Balaban J connectivity index is 2.60. The molecule has 0 saturated heterocycles. The Morgan fingerprint density at radius 3 is 2.75 bits per heavy atom. The summed E-state index contributed by atoms with van der Waals surface area (Å²) < 4.78 is 31.0. The molecule has 0 spiro atoms. The first-order valence-electron chi connectivity index (χ1n) is 4.62. The van der Waals surface area contributed by atoms with Crippen LogP contribution in [-0.2, 0) is 4.79 Å². The van der Waals surface area contributed by atoms with Crippen molar-refractivity contribution >= 4 is 11.6 Å². The topological polar surface area (TPSA) is 64.3 Å². The average molecular weight is 230 g/mol. The molecule has 88 valence electrons. The van der Waals surface area contributed by atoms with Crippen molar-refractivity contribution in [2.24, 2.45) is 0 Å². The number of nitrogen functional groups attached to an aromatic ring is 1. The Kier molecular flexibility index (Phi) is 4.04. The van der Waals surface area contributed by atoms with E-state index < -0.39 is 11.6 Å². The lowest BCUT2D eigenvalue weighted by Crippen LogP contribution is -2.20. The van der Waals surface area contributed by atoms with Crippen LogP contribution < -0.4 is 15.8 Å². The maximum absolute atomic E-state index is 13.2. The smallest absolute Gasteiger partial charge is 0.223 e. The van der Waals surface area contributed by atoms with Gasteiger partial charge in [0.05, 0.1) is 18.7 Å². The summed E-state index contributed by atoms with van der Waals surface area (Å²) in [6, 6.07) is 1.69. The van der Waals surface area contributed by atoms with Gasteiger partial charge >= 0.3 is 0 Å². The third-order valence-electron chi connectivity index (χ3n) is 1.92. The van der Waals surface area contributed by atoms with Gasteiger partial charge in [-0.25, -0.2) is 8.78 Å². The van der Waals surface area contributed by atoms with Gasteiger partial charge in [0.15, 0.2) is 11.6 Å². The molecule has 0 aromatic heterocycles. The molecule has 3 N–H and O–H groups in total. The predicted molar refractivity (Wildman–Crippen MR) is 54.9 cm³/mol. The van der Waals surface area contributed by atoms with Crippen LogP contribution in [0.4, 0.5) is 14.5 Å². The Hall–Kier alpha value is -1.85. The summed E-state index contributed by atoms with van der Waals surface area (Å²) in [5.41, 5.74) is 4.87. The first kappa shape index (κ1) is 12.2. The third-order valence-corrected chi connectivity index (χ3v) is 1.92. The second-order valence-electron chi connectivity index (χ2n) is 3.08. The van der Waals surface area contributed by atoms with E-state index in [1.807, 2.05) is 0 Å². The van der Waals surface area contributed by atoms with Crippen molar-refractivity contribution in [1.29, 1.82) is 0 Å². The van der Waals surface area contributed by atoms with Crippen LogP contribution in [0.5, 0.6) is 5.75 Å². The number of carbonyl (C=O) groups excluding carboxylic acids is 1. The number of ether oxygens (including phenoxy) is 1. The van der Waals surface area contributed by atoms with Gasteiger partial charge in [-0.05, 0) is 0 Å². The molecule has 1 amide bonds. The fourth-order valence-corrected chi connectivity index (χ4v) is 1.03. The lowest BCUT2D eigenvalue weighted by atomic mass is 10.3. The van der Waals surface area contributed by atoms with Crippen LogP contribution in [-0.4, -0.2) is 19.6 Å². The average Bonchev–Trinajstić information content (AvgIpc) is 2.25. The first-order chi connectivity index (χ1) is 7.54. The highest BCUT2D eigenvalue weighted by Gasteiger charge is 2.09. The summed E-state index contributed by atoms with van der Waals surface area (Å²) in [4.78, 5) is 10.8. The predicted octanol–water partition coefficient (Wildman–Crippen LogP) is 1.06.